The maximum absolute atomic E-state index is 12.0. The Morgan fingerprint density at radius 1 is 0.944 bits per heavy atom. The largest absolute Gasteiger partial charge is 0.265 e. The molecule has 18 heavy (non-hydrogen) atoms. The van der Waals surface area contributed by atoms with E-state index in [1.54, 1.807) is 36.7 Å². The molecule has 5 heteroatoms. The lowest BCUT2D eigenvalue weighted by molar-refractivity contribution is 0.595. The minimum atomic E-state index is -3.18. The van der Waals surface area contributed by atoms with Crippen molar-refractivity contribution in [2.45, 2.75) is 11.3 Å². The molecular weight excluding hydrogens is 270 g/mol. The summed E-state index contributed by atoms with van der Waals surface area (Å²) in [6, 6.07) is 12.2. The number of sulfone groups is 1. The lowest BCUT2D eigenvalue weighted by Gasteiger charge is -2.04. The number of pyridine rings is 1. The maximum atomic E-state index is 12.0. The van der Waals surface area contributed by atoms with Crippen LogP contribution in [0.1, 0.15) is 5.56 Å². The number of hydrogen-bond acceptors (Lipinski definition) is 3. The van der Waals surface area contributed by atoms with E-state index in [2.05, 4.69) is 4.98 Å². The molecule has 2 rings (SSSR count). The molecule has 0 aliphatic rings. The fraction of sp³-hybridized carbons (Fsp3) is 0.154. The van der Waals surface area contributed by atoms with Gasteiger partial charge in [-0.15, -0.1) is 12.4 Å². The summed E-state index contributed by atoms with van der Waals surface area (Å²) in [5.41, 5.74) is 0.986. The van der Waals surface area contributed by atoms with Crippen LogP contribution in [0.5, 0.6) is 0 Å². The van der Waals surface area contributed by atoms with Crippen LogP contribution in [0.2, 0.25) is 0 Å². The number of benzene rings is 1. The first-order valence-electron chi connectivity index (χ1n) is 5.35. The zero-order valence-corrected chi connectivity index (χ0v) is 11.3. The van der Waals surface area contributed by atoms with E-state index in [4.69, 9.17) is 0 Å². The molecule has 0 radical (unpaired) electrons. The van der Waals surface area contributed by atoms with Gasteiger partial charge in [0.1, 0.15) is 0 Å². The van der Waals surface area contributed by atoms with Crippen molar-refractivity contribution in [1.29, 1.82) is 0 Å². The zero-order chi connectivity index (χ0) is 12.1. The van der Waals surface area contributed by atoms with Crippen molar-refractivity contribution in [1.82, 2.24) is 4.98 Å². The average Bonchev–Trinajstić information content (AvgIpc) is 2.39. The van der Waals surface area contributed by atoms with E-state index < -0.39 is 9.84 Å². The van der Waals surface area contributed by atoms with Gasteiger partial charge in [0.2, 0.25) is 0 Å². The van der Waals surface area contributed by atoms with Crippen molar-refractivity contribution < 1.29 is 8.42 Å². The van der Waals surface area contributed by atoms with Crippen molar-refractivity contribution in [3.63, 3.8) is 0 Å². The number of aromatic nitrogens is 1. The van der Waals surface area contributed by atoms with Crippen molar-refractivity contribution in [3.8, 4) is 0 Å². The first-order valence-corrected chi connectivity index (χ1v) is 7.00. The molecule has 96 valence electrons. The van der Waals surface area contributed by atoms with Gasteiger partial charge < -0.3 is 0 Å². The summed E-state index contributed by atoms with van der Waals surface area (Å²) in [5, 5.41) is 0. The fourth-order valence-electron chi connectivity index (χ4n) is 1.55. The van der Waals surface area contributed by atoms with E-state index in [-0.39, 0.29) is 18.2 Å². The third-order valence-electron chi connectivity index (χ3n) is 2.51. The summed E-state index contributed by atoms with van der Waals surface area (Å²) in [6.45, 7) is 0. The van der Waals surface area contributed by atoms with Crippen molar-refractivity contribution in [3.05, 3.63) is 60.4 Å². The molecule has 3 nitrogen and oxygen atoms in total. The second-order valence-corrected chi connectivity index (χ2v) is 5.85. The smallest absolute Gasteiger partial charge is 0.178 e. The van der Waals surface area contributed by atoms with Crippen molar-refractivity contribution >= 4 is 22.2 Å². The first kappa shape index (κ1) is 14.7. The van der Waals surface area contributed by atoms with Crippen LogP contribution in [0.4, 0.5) is 0 Å². The second-order valence-electron chi connectivity index (χ2n) is 3.74. The van der Waals surface area contributed by atoms with Crippen LogP contribution in [0.15, 0.2) is 59.8 Å². The number of aryl methyl sites for hydroxylation is 1. The van der Waals surface area contributed by atoms with E-state index in [0.717, 1.165) is 5.56 Å². The Hall–Kier alpha value is -1.39. The van der Waals surface area contributed by atoms with E-state index in [1.165, 1.54) is 0 Å². The molecule has 0 atom stereocenters. The van der Waals surface area contributed by atoms with Gasteiger partial charge in [-0.25, -0.2) is 8.42 Å². The molecule has 0 aliphatic carbocycles. The van der Waals surface area contributed by atoms with Gasteiger partial charge in [-0.2, -0.15) is 0 Å². The van der Waals surface area contributed by atoms with E-state index in [9.17, 15) is 8.42 Å². The summed E-state index contributed by atoms with van der Waals surface area (Å²) in [6.07, 6.45) is 3.86. The highest BCUT2D eigenvalue weighted by molar-refractivity contribution is 7.91. The molecule has 0 fully saturated rings. The number of rotatable bonds is 4. The molecule has 0 saturated heterocycles. The summed E-state index contributed by atoms with van der Waals surface area (Å²) < 4.78 is 24.0. The lowest BCUT2D eigenvalue weighted by atomic mass is 10.2. The van der Waals surface area contributed by atoms with Crippen LogP contribution in [0.25, 0.3) is 0 Å². The summed E-state index contributed by atoms with van der Waals surface area (Å²) in [5.74, 6) is 0.126. The van der Waals surface area contributed by atoms with Crippen LogP contribution >= 0.6 is 12.4 Å². The summed E-state index contributed by atoms with van der Waals surface area (Å²) in [7, 11) is -3.18. The standard InChI is InChI=1S/C13H13NO2S.ClH/c15-17(16,13-4-2-1-3-5-13)11-8-12-6-9-14-10-7-12;/h1-7,9-10H,8,11H2;1H. The highest BCUT2D eigenvalue weighted by atomic mass is 35.5. The van der Waals surface area contributed by atoms with Crippen molar-refractivity contribution in [2.24, 2.45) is 0 Å². The Labute approximate surface area is 113 Å². The van der Waals surface area contributed by atoms with E-state index in [1.807, 2.05) is 18.2 Å². The first-order chi connectivity index (χ1) is 8.18. The Morgan fingerprint density at radius 3 is 2.17 bits per heavy atom. The minimum absolute atomic E-state index is 0. The van der Waals surface area contributed by atoms with Gasteiger partial charge in [-0.05, 0) is 36.2 Å². The molecule has 0 saturated carbocycles. The van der Waals surface area contributed by atoms with Crippen LogP contribution in [-0.2, 0) is 16.3 Å². The average molecular weight is 284 g/mol. The number of hydrogen-bond donors (Lipinski definition) is 0. The summed E-state index contributed by atoms with van der Waals surface area (Å²) >= 11 is 0. The van der Waals surface area contributed by atoms with Gasteiger partial charge >= 0.3 is 0 Å². The van der Waals surface area contributed by atoms with Crippen LogP contribution in [0.3, 0.4) is 0 Å². The molecule has 0 unspecified atom stereocenters. The third-order valence-corrected chi connectivity index (χ3v) is 4.24. The molecule has 0 spiro atoms. The predicted octanol–water partition coefficient (Wildman–Crippen LogP) is 2.52. The molecule has 1 heterocycles. The van der Waals surface area contributed by atoms with Crippen LogP contribution < -0.4 is 0 Å². The zero-order valence-electron chi connectivity index (χ0n) is 9.69. The Balaban J connectivity index is 0.00000162. The lowest BCUT2D eigenvalue weighted by Crippen LogP contribution is -2.09. The van der Waals surface area contributed by atoms with Gasteiger partial charge in [0.15, 0.2) is 9.84 Å². The molecule has 0 N–H and O–H groups in total. The van der Waals surface area contributed by atoms with Crippen molar-refractivity contribution in [2.75, 3.05) is 5.75 Å². The molecule has 1 aromatic carbocycles. The highest BCUT2D eigenvalue weighted by Gasteiger charge is 2.13. The number of halogens is 1. The molecule has 0 aliphatic heterocycles. The molecule has 0 amide bonds. The van der Waals surface area contributed by atoms with E-state index in [0.29, 0.717) is 11.3 Å². The van der Waals surface area contributed by atoms with Crippen LogP contribution in [-0.4, -0.2) is 19.2 Å². The third kappa shape index (κ3) is 3.82. The normalized spacial score (nSPS) is 10.7. The van der Waals surface area contributed by atoms with Gasteiger partial charge in [-0.1, -0.05) is 18.2 Å². The SMILES string of the molecule is Cl.O=S(=O)(CCc1ccncc1)c1ccccc1. The van der Waals surface area contributed by atoms with E-state index >= 15 is 0 Å². The number of nitrogens with zero attached hydrogens (tertiary/aromatic N) is 1. The van der Waals surface area contributed by atoms with Crippen LogP contribution in [0, 0.1) is 0 Å². The maximum Gasteiger partial charge on any atom is 0.178 e. The van der Waals surface area contributed by atoms with Gasteiger partial charge in [0, 0.05) is 12.4 Å². The van der Waals surface area contributed by atoms with Gasteiger partial charge in [0.25, 0.3) is 0 Å². The van der Waals surface area contributed by atoms with Gasteiger partial charge in [-0.3, -0.25) is 4.98 Å². The molecule has 2 aromatic rings. The molecular formula is C13H14ClNO2S. The quantitative estimate of drug-likeness (QED) is 0.866. The fourth-order valence-corrected chi connectivity index (χ4v) is 2.86. The monoisotopic (exact) mass is 283 g/mol. The Bertz CT molecular complexity index is 570. The topological polar surface area (TPSA) is 47.0 Å². The Morgan fingerprint density at radius 2 is 1.56 bits per heavy atom. The summed E-state index contributed by atoms with van der Waals surface area (Å²) in [4.78, 5) is 4.28. The van der Waals surface area contributed by atoms with Gasteiger partial charge in [0.05, 0.1) is 10.6 Å². The highest BCUT2D eigenvalue weighted by Crippen LogP contribution is 2.11. The Kier molecular flexibility index (Phi) is 5.31. The second kappa shape index (κ2) is 6.52. The molecule has 0 bridgehead atoms. The minimum Gasteiger partial charge on any atom is -0.265 e. The molecule has 1 aromatic heterocycles. The predicted molar refractivity (Wildman–Crippen MR) is 73.7 cm³/mol.